The van der Waals surface area contributed by atoms with Gasteiger partial charge in [0.1, 0.15) is 5.82 Å². The van der Waals surface area contributed by atoms with Crippen LogP contribution in [0.4, 0.5) is 10.3 Å². The molecule has 0 spiro atoms. The highest BCUT2D eigenvalue weighted by atomic mass is 19.1. The Bertz CT molecular complexity index is 572. The Labute approximate surface area is 104 Å². The Morgan fingerprint density at radius 3 is 2.72 bits per heavy atom. The second-order valence-electron chi connectivity index (χ2n) is 3.74. The molecule has 18 heavy (non-hydrogen) atoms. The average Bonchev–Trinajstić information content (AvgIpc) is 2.74. The van der Waals surface area contributed by atoms with E-state index in [9.17, 15) is 9.18 Å². The number of anilines is 1. The number of rotatable bonds is 3. The van der Waals surface area contributed by atoms with Crippen molar-refractivity contribution >= 4 is 17.9 Å². The van der Waals surface area contributed by atoms with Crippen LogP contribution in [0.15, 0.2) is 42.7 Å². The van der Waals surface area contributed by atoms with Gasteiger partial charge in [0.25, 0.3) is 5.91 Å². The second kappa shape index (κ2) is 5.27. The zero-order chi connectivity index (χ0) is 13.0. The van der Waals surface area contributed by atoms with Crippen molar-refractivity contribution in [2.24, 2.45) is 7.05 Å². The van der Waals surface area contributed by atoms with Crippen LogP contribution in [0.1, 0.15) is 5.56 Å². The highest BCUT2D eigenvalue weighted by Crippen LogP contribution is 2.05. The largest absolute Gasteiger partial charge is 0.320 e. The SMILES string of the molecule is Cn1ccnc1NC(=O)/C=C/c1ccc(F)cc1. The first-order valence-electron chi connectivity index (χ1n) is 5.37. The third kappa shape index (κ3) is 3.04. The second-order valence-corrected chi connectivity index (χ2v) is 3.74. The minimum Gasteiger partial charge on any atom is -0.320 e. The Morgan fingerprint density at radius 1 is 1.39 bits per heavy atom. The maximum absolute atomic E-state index is 12.7. The fourth-order valence-corrected chi connectivity index (χ4v) is 1.38. The molecule has 0 aliphatic carbocycles. The van der Waals surface area contributed by atoms with Crippen molar-refractivity contribution in [2.45, 2.75) is 0 Å². The van der Waals surface area contributed by atoms with Crippen molar-refractivity contribution < 1.29 is 9.18 Å². The summed E-state index contributed by atoms with van der Waals surface area (Å²) in [5.41, 5.74) is 0.756. The molecule has 0 fully saturated rings. The van der Waals surface area contributed by atoms with Crippen LogP contribution in [-0.2, 0) is 11.8 Å². The van der Waals surface area contributed by atoms with Crippen LogP contribution >= 0.6 is 0 Å². The number of benzene rings is 1. The number of nitrogens with one attached hydrogen (secondary N) is 1. The molecular weight excluding hydrogens is 233 g/mol. The van der Waals surface area contributed by atoms with Gasteiger partial charge in [-0.05, 0) is 23.8 Å². The molecule has 1 heterocycles. The first-order valence-corrected chi connectivity index (χ1v) is 5.37. The lowest BCUT2D eigenvalue weighted by molar-refractivity contribution is -0.111. The number of aryl methyl sites for hydroxylation is 1. The molecule has 2 aromatic rings. The molecule has 0 unspecified atom stereocenters. The van der Waals surface area contributed by atoms with Gasteiger partial charge in [-0.3, -0.25) is 10.1 Å². The molecule has 4 nitrogen and oxygen atoms in total. The number of carbonyl (C=O) groups is 1. The van der Waals surface area contributed by atoms with Gasteiger partial charge in [-0.15, -0.1) is 0 Å². The number of imidazole rings is 1. The summed E-state index contributed by atoms with van der Waals surface area (Å²) in [5, 5.41) is 2.62. The first-order chi connectivity index (χ1) is 8.65. The number of nitrogens with zero attached hydrogens (tertiary/aromatic N) is 2. The topological polar surface area (TPSA) is 46.9 Å². The molecular formula is C13H12FN3O. The Morgan fingerprint density at radius 2 is 2.11 bits per heavy atom. The average molecular weight is 245 g/mol. The Hall–Kier alpha value is -2.43. The van der Waals surface area contributed by atoms with E-state index < -0.39 is 0 Å². The van der Waals surface area contributed by atoms with Crippen molar-refractivity contribution in [2.75, 3.05) is 5.32 Å². The molecule has 1 aromatic carbocycles. The third-order valence-corrected chi connectivity index (χ3v) is 2.35. The van der Waals surface area contributed by atoms with E-state index in [0.717, 1.165) is 5.56 Å². The molecule has 5 heteroatoms. The monoisotopic (exact) mass is 245 g/mol. The summed E-state index contributed by atoms with van der Waals surface area (Å²) >= 11 is 0. The maximum Gasteiger partial charge on any atom is 0.250 e. The summed E-state index contributed by atoms with van der Waals surface area (Å²) in [7, 11) is 1.78. The molecule has 0 bridgehead atoms. The van der Waals surface area contributed by atoms with E-state index in [4.69, 9.17) is 0 Å². The third-order valence-electron chi connectivity index (χ3n) is 2.35. The van der Waals surface area contributed by atoms with Gasteiger partial charge in [-0.1, -0.05) is 12.1 Å². The van der Waals surface area contributed by atoms with Gasteiger partial charge in [0.15, 0.2) is 0 Å². The minimum absolute atomic E-state index is 0.284. The number of hydrogen-bond donors (Lipinski definition) is 1. The van der Waals surface area contributed by atoms with Crippen molar-refractivity contribution in [3.05, 3.63) is 54.1 Å². The van der Waals surface area contributed by atoms with Gasteiger partial charge in [-0.25, -0.2) is 9.37 Å². The standard InChI is InChI=1S/C13H12FN3O/c1-17-9-8-15-13(17)16-12(18)7-4-10-2-5-11(14)6-3-10/h2-9H,1H3,(H,15,16,18)/b7-4+. The number of hydrogen-bond acceptors (Lipinski definition) is 2. The zero-order valence-electron chi connectivity index (χ0n) is 9.80. The summed E-state index contributed by atoms with van der Waals surface area (Å²) in [6, 6.07) is 5.88. The van der Waals surface area contributed by atoms with E-state index in [0.29, 0.717) is 5.95 Å². The molecule has 0 saturated carbocycles. The molecule has 0 radical (unpaired) electrons. The van der Waals surface area contributed by atoms with E-state index in [1.807, 2.05) is 0 Å². The minimum atomic E-state index is -0.301. The molecule has 0 aliphatic heterocycles. The summed E-state index contributed by atoms with van der Waals surface area (Å²) in [4.78, 5) is 15.5. The van der Waals surface area contributed by atoms with Crippen molar-refractivity contribution in [1.29, 1.82) is 0 Å². The van der Waals surface area contributed by atoms with Gasteiger partial charge in [0.05, 0.1) is 0 Å². The predicted molar refractivity (Wildman–Crippen MR) is 67.3 cm³/mol. The van der Waals surface area contributed by atoms with Crippen LogP contribution in [0, 0.1) is 5.82 Å². The first kappa shape index (κ1) is 12.0. The van der Waals surface area contributed by atoms with Crippen LogP contribution in [0.25, 0.3) is 6.08 Å². The molecule has 1 amide bonds. The molecule has 1 N–H and O–H groups in total. The molecule has 92 valence electrons. The Kier molecular flexibility index (Phi) is 3.52. The van der Waals surface area contributed by atoms with E-state index in [1.54, 1.807) is 42.2 Å². The predicted octanol–water partition coefficient (Wildman–Crippen LogP) is 2.21. The van der Waals surface area contributed by atoms with Crippen molar-refractivity contribution in [3.63, 3.8) is 0 Å². The number of carbonyl (C=O) groups excluding carboxylic acids is 1. The van der Waals surface area contributed by atoms with Crippen LogP contribution in [0.2, 0.25) is 0 Å². The van der Waals surface area contributed by atoms with E-state index in [1.165, 1.54) is 18.2 Å². The Balaban J connectivity index is 1.99. The van der Waals surface area contributed by atoms with Crippen molar-refractivity contribution in [1.82, 2.24) is 9.55 Å². The lowest BCUT2D eigenvalue weighted by atomic mass is 10.2. The van der Waals surface area contributed by atoms with Gasteiger partial charge in [-0.2, -0.15) is 0 Å². The van der Waals surface area contributed by atoms with Gasteiger partial charge < -0.3 is 4.57 Å². The van der Waals surface area contributed by atoms with Crippen LogP contribution < -0.4 is 5.32 Å². The summed E-state index contributed by atoms with van der Waals surface area (Å²) < 4.78 is 14.4. The van der Waals surface area contributed by atoms with Crippen molar-refractivity contribution in [3.8, 4) is 0 Å². The summed E-state index contributed by atoms with van der Waals surface area (Å²) in [6.07, 6.45) is 6.32. The van der Waals surface area contributed by atoms with E-state index >= 15 is 0 Å². The number of halogens is 1. The smallest absolute Gasteiger partial charge is 0.250 e. The summed E-state index contributed by atoms with van der Waals surface area (Å²) in [5.74, 6) is -0.109. The van der Waals surface area contributed by atoms with Gasteiger partial charge in [0.2, 0.25) is 5.95 Å². The van der Waals surface area contributed by atoms with Crippen LogP contribution in [0.5, 0.6) is 0 Å². The van der Waals surface area contributed by atoms with E-state index in [-0.39, 0.29) is 11.7 Å². The zero-order valence-corrected chi connectivity index (χ0v) is 9.80. The molecule has 1 aromatic heterocycles. The maximum atomic E-state index is 12.7. The lowest BCUT2D eigenvalue weighted by Crippen LogP contribution is -2.11. The highest BCUT2D eigenvalue weighted by molar-refractivity contribution is 6.00. The molecule has 0 aliphatic rings. The fraction of sp³-hybridized carbons (Fsp3) is 0.0769. The molecule has 2 rings (SSSR count). The summed E-state index contributed by atoms with van der Waals surface area (Å²) in [6.45, 7) is 0. The fourth-order valence-electron chi connectivity index (χ4n) is 1.38. The highest BCUT2D eigenvalue weighted by Gasteiger charge is 2.01. The lowest BCUT2D eigenvalue weighted by Gasteiger charge is -2.00. The van der Waals surface area contributed by atoms with E-state index in [2.05, 4.69) is 10.3 Å². The number of amides is 1. The van der Waals surface area contributed by atoms with Crippen LogP contribution in [0.3, 0.4) is 0 Å². The molecule has 0 atom stereocenters. The van der Waals surface area contributed by atoms with Gasteiger partial charge in [0, 0.05) is 25.5 Å². The van der Waals surface area contributed by atoms with Crippen LogP contribution in [-0.4, -0.2) is 15.5 Å². The normalized spacial score (nSPS) is 10.8. The van der Waals surface area contributed by atoms with Gasteiger partial charge >= 0.3 is 0 Å². The molecule has 0 saturated heterocycles. The quantitative estimate of drug-likeness (QED) is 0.843. The number of aromatic nitrogens is 2.